The molecule has 0 atom stereocenters. The van der Waals surface area contributed by atoms with Crippen LogP contribution in [0.3, 0.4) is 0 Å². The van der Waals surface area contributed by atoms with E-state index in [1.807, 2.05) is 11.1 Å². The maximum Gasteiger partial charge on any atom is 0.185 e. The van der Waals surface area contributed by atoms with Gasteiger partial charge in [0.1, 0.15) is 0 Å². The molecule has 0 saturated heterocycles. The largest absolute Gasteiger partial charge is 0.361 e. The first kappa shape index (κ1) is 16.3. The molecule has 0 aliphatic carbocycles. The predicted octanol–water partition coefficient (Wildman–Crippen LogP) is 3.44. The second-order valence-corrected chi connectivity index (χ2v) is 5.59. The van der Waals surface area contributed by atoms with Crippen LogP contribution in [0.1, 0.15) is 18.1 Å². The number of aryl methyl sites for hydroxylation is 1. The first-order chi connectivity index (χ1) is 10.7. The molecular formula is C18H23N3S. The third-order valence-corrected chi connectivity index (χ3v) is 3.68. The molecule has 2 N–H and O–H groups in total. The molecule has 22 heavy (non-hydrogen) atoms. The van der Waals surface area contributed by atoms with E-state index in [4.69, 9.17) is 12.2 Å². The van der Waals surface area contributed by atoms with Crippen LogP contribution in [0.2, 0.25) is 0 Å². The van der Waals surface area contributed by atoms with Crippen molar-refractivity contribution in [2.45, 2.75) is 20.3 Å². The maximum atomic E-state index is 5.37. The average molecular weight is 313 g/mol. The standard InChI is InChI=1S/C18H23N3S/c1-3-21(17-11-9-15(2)10-12-17)20-18(22)19-14-13-16-7-5-4-6-8-16/h4-12H,3,13-14H2,1-2H3,(H2,19,20,22). The molecule has 0 heterocycles. The molecule has 0 radical (unpaired) electrons. The van der Waals surface area contributed by atoms with Crippen molar-refractivity contribution in [2.24, 2.45) is 0 Å². The van der Waals surface area contributed by atoms with Crippen LogP contribution in [0.5, 0.6) is 0 Å². The molecule has 4 heteroatoms. The van der Waals surface area contributed by atoms with Gasteiger partial charge in [0.25, 0.3) is 0 Å². The van der Waals surface area contributed by atoms with Gasteiger partial charge in [-0.15, -0.1) is 0 Å². The Balaban J connectivity index is 1.81. The molecule has 0 aliphatic rings. The number of hydrogen-bond acceptors (Lipinski definition) is 2. The molecule has 0 spiro atoms. The van der Waals surface area contributed by atoms with Crippen LogP contribution in [0.4, 0.5) is 5.69 Å². The lowest BCUT2D eigenvalue weighted by Crippen LogP contribution is -2.47. The van der Waals surface area contributed by atoms with Gasteiger partial charge in [-0.2, -0.15) is 0 Å². The second-order valence-electron chi connectivity index (χ2n) is 5.18. The van der Waals surface area contributed by atoms with E-state index in [0.717, 1.165) is 25.2 Å². The van der Waals surface area contributed by atoms with Gasteiger partial charge in [0.2, 0.25) is 0 Å². The Kier molecular flexibility index (Phi) is 6.22. The zero-order chi connectivity index (χ0) is 15.8. The molecule has 0 aliphatic heterocycles. The van der Waals surface area contributed by atoms with Crippen LogP contribution < -0.4 is 15.8 Å². The normalized spacial score (nSPS) is 10.1. The van der Waals surface area contributed by atoms with E-state index in [1.165, 1.54) is 11.1 Å². The van der Waals surface area contributed by atoms with Gasteiger partial charge in [0, 0.05) is 13.1 Å². The highest BCUT2D eigenvalue weighted by Gasteiger charge is 2.05. The molecule has 0 unspecified atom stereocenters. The number of hydrazine groups is 1. The van der Waals surface area contributed by atoms with Gasteiger partial charge < -0.3 is 5.32 Å². The second kappa shape index (κ2) is 8.39. The highest BCUT2D eigenvalue weighted by Crippen LogP contribution is 2.12. The van der Waals surface area contributed by atoms with Crippen molar-refractivity contribution in [3.05, 3.63) is 65.7 Å². The van der Waals surface area contributed by atoms with Gasteiger partial charge in [0.05, 0.1) is 5.69 Å². The molecule has 2 aromatic rings. The summed E-state index contributed by atoms with van der Waals surface area (Å²) in [7, 11) is 0. The van der Waals surface area contributed by atoms with Crippen molar-refractivity contribution < 1.29 is 0 Å². The van der Waals surface area contributed by atoms with Gasteiger partial charge in [-0.3, -0.25) is 10.4 Å². The monoisotopic (exact) mass is 313 g/mol. The highest BCUT2D eigenvalue weighted by molar-refractivity contribution is 7.80. The molecule has 3 nitrogen and oxygen atoms in total. The fraction of sp³-hybridized carbons (Fsp3) is 0.278. The van der Waals surface area contributed by atoms with E-state index in [9.17, 15) is 0 Å². The molecular weight excluding hydrogens is 290 g/mol. The zero-order valence-corrected chi connectivity index (χ0v) is 14.0. The molecule has 116 valence electrons. The Labute approximate surface area is 138 Å². The number of rotatable bonds is 6. The van der Waals surface area contributed by atoms with Crippen molar-refractivity contribution in [2.75, 3.05) is 18.1 Å². The fourth-order valence-corrected chi connectivity index (χ4v) is 2.39. The molecule has 2 rings (SSSR count). The molecule has 0 saturated carbocycles. The van der Waals surface area contributed by atoms with Gasteiger partial charge >= 0.3 is 0 Å². The molecule has 0 fully saturated rings. The fourth-order valence-electron chi connectivity index (χ4n) is 2.18. The number of hydrogen-bond donors (Lipinski definition) is 2. The quantitative estimate of drug-likeness (QED) is 0.631. The van der Waals surface area contributed by atoms with Crippen molar-refractivity contribution in [1.29, 1.82) is 0 Å². The van der Waals surface area contributed by atoms with Crippen LogP contribution in [0.25, 0.3) is 0 Å². The number of thiocarbonyl (C=S) groups is 1. The lowest BCUT2D eigenvalue weighted by Gasteiger charge is -2.25. The summed E-state index contributed by atoms with van der Waals surface area (Å²) in [6.45, 7) is 5.84. The summed E-state index contributed by atoms with van der Waals surface area (Å²) in [4.78, 5) is 0. The summed E-state index contributed by atoms with van der Waals surface area (Å²) in [5, 5.41) is 5.95. The number of anilines is 1. The molecule has 0 bridgehead atoms. The zero-order valence-electron chi connectivity index (χ0n) is 13.2. The minimum Gasteiger partial charge on any atom is -0.361 e. The van der Waals surface area contributed by atoms with E-state index in [1.54, 1.807) is 0 Å². The SMILES string of the molecule is CCN(NC(=S)NCCc1ccccc1)c1ccc(C)cc1. The Hall–Kier alpha value is -2.07. The summed E-state index contributed by atoms with van der Waals surface area (Å²) in [6, 6.07) is 18.8. The van der Waals surface area contributed by atoms with E-state index in [0.29, 0.717) is 5.11 Å². The van der Waals surface area contributed by atoms with Crippen LogP contribution in [0.15, 0.2) is 54.6 Å². The Morgan fingerprint density at radius 3 is 2.36 bits per heavy atom. The predicted molar refractivity (Wildman–Crippen MR) is 98.1 cm³/mol. The van der Waals surface area contributed by atoms with Crippen molar-refractivity contribution >= 4 is 23.0 Å². The average Bonchev–Trinajstić information content (AvgIpc) is 2.54. The molecule has 0 amide bonds. The lowest BCUT2D eigenvalue weighted by atomic mass is 10.1. The minimum atomic E-state index is 0.651. The van der Waals surface area contributed by atoms with Gasteiger partial charge in [-0.05, 0) is 50.2 Å². The van der Waals surface area contributed by atoms with Gasteiger partial charge in [0.15, 0.2) is 5.11 Å². The molecule has 0 aromatic heterocycles. The van der Waals surface area contributed by atoms with Crippen LogP contribution in [0, 0.1) is 6.92 Å². The minimum absolute atomic E-state index is 0.651. The van der Waals surface area contributed by atoms with E-state index >= 15 is 0 Å². The summed E-state index contributed by atoms with van der Waals surface area (Å²) >= 11 is 5.37. The topological polar surface area (TPSA) is 27.3 Å². The first-order valence-corrected chi connectivity index (χ1v) is 8.02. The Morgan fingerprint density at radius 2 is 1.73 bits per heavy atom. The lowest BCUT2D eigenvalue weighted by molar-refractivity contribution is 0.759. The van der Waals surface area contributed by atoms with Crippen LogP contribution in [-0.2, 0) is 6.42 Å². The number of nitrogens with zero attached hydrogens (tertiary/aromatic N) is 1. The number of nitrogens with one attached hydrogen (secondary N) is 2. The van der Waals surface area contributed by atoms with Gasteiger partial charge in [-0.25, -0.2) is 0 Å². The summed E-state index contributed by atoms with van der Waals surface area (Å²) in [6.07, 6.45) is 0.958. The van der Waals surface area contributed by atoms with Crippen LogP contribution >= 0.6 is 12.2 Å². The smallest absolute Gasteiger partial charge is 0.185 e. The maximum absolute atomic E-state index is 5.37. The Bertz CT molecular complexity index is 581. The van der Waals surface area contributed by atoms with E-state index < -0.39 is 0 Å². The third kappa shape index (κ3) is 5.04. The van der Waals surface area contributed by atoms with Crippen molar-refractivity contribution in [3.63, 3.8) is 0 Å². The van der Waals surface area contributed by atoms with Crippen molar-refractivity contribution in [1.82, 2.24) is 10.7 Å². The van der Waals surface area contributed by atoms with E-state index in [2.05, 4.69) is 73.1 Å². The van der Waals surface area contributed by atoms with E-state index in [-0.39, 0.29) is 0 Å². The van der Waals surface area contributed by atoms with Gasteiger partial charge in [-0.1, -0.05) is 48.0 Å². The third-order valence-electron chi connectivity index (χ3n) is 3.44. The summed E-state index contributed by atoms with van der Waals surface area (Å²) in [5.41, 5.74) is 6.92. The molecule has 2 aromatic carbocycles. The van der Waals surface area contributed by atoms with Crippen molar-refractivity contribution in [3.8, 4) is 0 Å². The highest BCUT2D eigenvalue weighted by atomic mass is 32.1. The summed E-state index contributed by atoms with van der Waals surface area (Å²) < 4.78 is 0. The summed E-state index contributed by atoms with van der Waals surface area (Å²) in [5.74, 6) is 0. The van der Waals surface area contributed by atoms with Crippen LogP contribution in [-0.4, -0.2) is 18.2 Å². The number of benzene rings is 2. The Morgan fingerprint density at radius 1 is 1.05 bits per heavy atom. The first-order valence-electron chi connectivity index (χ1n) is 7.61.